The first-order valence-electron chi connectivity index (χ1n) is 7.80. The highest BCUT2D eigenvalue weighted by molar-refractivity contribution is 7.07. The van der Waals surface area contributed by atoms with Crippen LogP contribution in [0.1, 0.15) is 18.5 Å². The second-order valence-corrected chi connectivity index (χ2v) is 6.83. The molecule has 2 aliphatic heterocycles. The highest BCUT2D eigenvalue weighted by Gasteiger charge is 2.28. The Morgan fingerprint density at radius 3 is 2.57 bits per heavy atom. The molecule has 0 aromatic carbocycles. The van der Waals surface area contributed by atoms with Crippen LogP contribution in [0.4, 0.5) is 0 Å². The van der Waals surface area contributed by atoms with Gasteiger partial charge in [0.25, 0.3) is 0 Å². The molecule has 0 unspecified atom stereocenters. The van der Waals surface area contributed by atoms with E-state index in [1.807, 2.05) is 10.3 Å². The molecule has 0 radical (unpaired) electrons. The van der Waals surface area contributed by atoms with Gasteiger partial charge in [-0.15, -0.1) is 11.3 Å². The van der Waals surface area contributed by atoms with Crippen molar-refractivity contribution in [1.82, 2.24) is 19.7 Å². The Labute approximate surface area is 130 Å². The number of piperazine rings is 1. The maximum absolute atomic E-state index is 12.3. The maximum atomic E-state index is 12.3. The fraction of sp³-hybridized carbons (Fsp3) is 0.733. The van der Waals surface area contributed by atoms with Crippen LogP contribution in [-0.2, 0) is 11.2 Å². The number of hydrogen-bond acceptors (Lipinski definition) is 5. The van der Waals surface area contributed by atoms with Gasteiger partial charge in [-0.05, 0) is 33.0 Å². The Kier molecular flexibility index (Phi) is 4.87. The molecule has 1 aromatic heterocycles. The van der Waals surface area contributed by atoms with Gasteiger partial charge in [-0.2, -0.15) is 0 Å². The molecule has 3 heterocycles. The lowest BCUT2D eigenvalue weighted by Gasteiger charge is -2.42. The van der Waals surface area contributed by atoms with Crippen molar-refractivity contribution in [2.24, 2.45) is 0 Å². The lowest BCUT2D eigenvalue weighted by atomic mass is 10.0. The molecule has 0 bridgehead atoms. The van der Waals surface area contributed by atoms with E-state index in [4.69, 9.17) is 0 Å². The Bertz CT molecular complexity index is 448. The fourth-order valence-electron chi connectivity index (χ4n) is 3.29. The van der Waals surface area contributed by atoms with Crippen LogP contribution in [0.25, 0.3) is 0 Å². The molecule has 2 aliphatic rings. The molecule has 0 saturated carbocycles. The van der Waals surface area contributed by atoms with Crippen molar-refractivity contribution in [2.45, 2.75) is 25.3 Å². The van der Waals surface area contributed by atoms with Gasteiger partial charge in [0.2, 0.25) is 5.91 Å². The molecule has 2 fully saturated rings. The third-order valence-electron chi connectivity index (χ3n) is 4.69. The van der Waals surface area contributed by atoms with Crippen molar-refractivity contribution in [3.8, 4) is 0 Å². The molecule has 21 heavy (non-hydrogen) atoms. The number of carbonyl (C=O) groups is 1. The molecule has 0 aliphatic carbocycles. The SMILES string of the molecule is CN1CCC(N2CCN(C(=O)Cc3cscn3)CC2)CC1. The van der Waals surface area contributed by atoms with Crippen LogP contribution in [-0.4, -0.2) is 77.9 Å². The number of rotatable bonds is 3. The van der Waals surface area contributed by atoms with Gasteiger partial charge in [-0.3, -0.25) is 9.69 Å². The Hall–Kier alpha value is -0.980. The van der Waals surface area contributed by atoms with Crippen molar-refractivity contribution in [3.63, 3.8) is 0 Å². The van der Waals surface area contributed by atoms with E-state index in [1.165, 1.54) is 25.9 Å². The van der Waals surface area contributed by atoms with Gasteiger partial charge in [-0.25, -0.2) is 4.98 Å². The zero-order valence-electron chi connectivity index (χ0n) is 12.7. The van der Waals surface area contributed by atoms with E-state index in [9.17, 15) is 4.79 Å². The minimum Gasteiger partial charge on any atom is -0.340 e. The van der Waals surface area contributed by atoms with Gasteiger partial charge in [-0.1, -0.05) is 0 Å². The second kappa shape index (κ2) is 6.85. The van der Waals surface area contributed by atoms with Crippen LogP contribution in [0.3, 0.4) is 0 Å². The van der Waals surface area contributed by atoms with Crippen molar-refractivity contribution in [3.05, 3.63) is 16.6 Å². The summed E-state index contributed by atoms with van der Waals surface area (Å²) in [5, 5.41) is 1.96. The van der Waals surface area contributed by atoms with Gasteiger partial charge < -0.3 is 9.80 Å². The first-order valence-corrected chi connectivity index (χ1v) is 8.74. The standard InChI is InChI=1S/C15H24N4OS/c1-17-4-2-14(3-5-17)18-6-8-19(9-7-18)15(20)10-13-11-21-12-16-13/h11-12,14H,2-10H2,1H3. The quantitative estimate of drug-likeness (QED) is 0.833. The molecule has 2 saturated heterocycles. The summed E-state index contributed by atoms with van der Waals surface area (Å²) in [5.74, 6) is 0.226. The minimum atomic E-state index is 0.226. The number of carbonyl (C=O) groups excluding carboxylic acids is 1. The van der Waals surface area contributed by atoms with E-state index in [2.05, 4.69) is 21.8 Å². The van der Waals surface area contributed by atoms with Gasteiger partial charge in [0.05, 0.1) is 17.6 Å². The highest BCUT2D eigenvalue weighted by Crippen LogP contribution is 2.17. The lowest BCUT2D eigenvalue weighted by Crippen LogP contribution is -2.54. The molecule has 3 rings (SSSR count). The summed E-state index contributed by atoms with van der Waals surface area (Å²) >= 11 is 1.55. The normalized spacial score (nSPS) is 22.6. The van der Waals surface area contributed by atoms with Gasteiger partial charge in [0.15, 0.2) is 0 Å². The third-order valence-corrected chi connectivity index (χ3v) is 5.32. The monoisotopic (exact) mass is 308 g/mol. The molecule has 0 atom stereocenters. The number of likely N-dealkylation sites (tertiary alicyclic amines) is 1. The molecule has 5 nitrogen and oxygen atoms in total. The summed E-state index contributed by atoms with van der Waals surface area (Å²) in [6.07, 6.45) is 2.99. The van der Waals surface area contributed by atoms with Crippen LogP contribution in [0, 0.1) is 0 Å². The highest BCUT2D eigenvalue weighted by atomic mass is 32.1. The second-order valence-electron chi connectivity index (χ2n) is 6.11. The summed E-state index contributed by atoms with van der Waals surface area (Å²) in [6, 6.07) is 0.719. The largest absolute Gasteiger partial charge is 0.340 e. The molecular formula is C15H24N4OS. The molecule has 116 valence electrons. The number of nitrogens with zero attached hydrogens (tertiary/aromatic N) is 4. The summed E-state index contributed by atoms with van der Waals surface area (Å²) in [5.41, 5.74) is 2.70. The minimum absolute atomic E-state index is 0.226. The fourth-order valence-corrected chi connectivity index (χ4v) is 3.85. The van der Waals surface area contributed by atoms with Crippen molar-refractivity contribution < 1.29 is 4.79 Å². The lowest BCUT2D eigenvalue weighted by molar-refractivity contribution is -0.132. The Morgan fingerprint density at radius 2 is 1.95 bits per heavy atom. The van der Waals surface area contributed by atoms with Gasteiger partial charge >= 0.3 is 0 Å². The zero-order valence-corrected chi connectivity index (χ0v) is 13.5. The predicted octanol–water partition coefficient (Wildman–Crippen LogP) is 0.924. The maximum Gasteiger partial charge on any atom is 0.228 e. The average molecular weight is 308 g/mol. The average Bonchev–Trinajstić information content (AvgIpc) is 3.01. The molecular weight excluding hydrogens is 284 g/mol. The van der Waals surface area contributed by atoms with Crippen LogP contribution in [0.5, 0.6) is 0 Å². The van der Waals surface area contributed by atoms with E-state index >= 15 is 0 Å². The van der Waals surface area contributed by atoms with Gasteiger partial charge in [0.1, 0.15) is 0 Å². The summed E-state index contributed by atoms with van der Waals surface area (Å²) in [7, 11) is 2.20. The topological polar surface area (TPSA) is 39.7 Å². The molecule has 1 aromatic rings. The smallest absolute Gasteiger partial charge is 0.228 e. The third kappa shape index (κ3) is 3.81. The first-order chi connectivity index (χ1) is 10.2. The van der Waals surface area contributed by atoms with E-state index in [-0.39, 0.29) is 5.91 Å². The van der Waals surface area contributed by atoms with Crippen molar-refractivity contribution in [1.29, 1.82) is 0 Å². The first kappa shape index (κ1) is 14.9. The number of piperidine rings is 1. The number of aromatic nitrogens is 1. The number of hydrogen-bond donors (Lipinski definition) is 0. The summed E-state index contributed by atoms with van der Waals surface area (Å²) in [6.45, 7) is 6.19. The zero-order chi connectivity index (χ0) is 14.7. The van der Waals surface area contributed by atoms with Gasteiger partial charge in [0, 0.05) is 37.6 Å². The summed E-state index contributed by atoms with van der Waals surface area (Å²) < 4.78 is 0. The number of amides is 1. The van der Waals surface area contributed by atoms with Crippen molar-refractivity contribution in [2.75, 3.05) is 46.3 Å². The predicted molar refractivity (Wildman–Crippen MR) is 84.5 cm³/mol. The summed E-state index contributed by atoms with van der Waals surface area (Å²) in [4.78, 5) is 23.5. The Balaban J connectivity index is 1.45. The van der Waals surface area contributed by atoms with Crippen LogP contribution < -0.4 is 0 Å². The molecule has 0 spiro atoms. The van der Waals surface area contributed by atoms with E-state index in [0.29, 0.717) is 6.42 Å². The Morgan fingerprint density at radius 1 is 1.24 bits per heavy atom. The van der Waals surface area contributed by atoms with Crippen LogP contribution in [0.15, 0.2) is 10.9 Å². The molecule has 1 amide bonds. The van der Waals surface area contributed by atoms with E-state index in [0.717, 1.165) is 37.9 Å². The molecule has 0 N–H and O–H groups in total. The van der Waals surface area contributed by atoms with E-state index in [1.54, 1.807) is 16.8 Å². The van der Waals surface area contributed by atoms with Crippen LogP contribution >= 0.6 is 11.3 Å². The van der Waals surface area contributed by atoms with E-state index < -0.39 is 0 Å². The van der Waals surface area contributed by atoms with Crippen molar-refractivity contribution >= 4 is 17.2 Å². The number of thiazole rings is 1. The molecule has 6 heteroatoms. The van der Waals surface area contributed by atoms with Crippen LogP contribution in [0.2, 0.25) is 0 Å².